The number of nitro groups is 1. The van der Waals surface area contributed by atoms with Gasteiger partial charge in [-0.05, 0) is 36.5 Å². The quantitative estimate of drug-likeness (QED) is 0.654. The third kappa shape index (κ3) is 3.78. The molecule has 0 heterocycles. The van der Waals surface area contributed by atoms with Gasteiger partial charge in [0.2, 0.25) is 10.0 Å². The minimum absolute atomic E-state index is 0.307. The van der Waals surface area contributed by atoms with E-state index in [9.17, 15) is 18.5 Å². The van der Waals surface area contributed by atoms with Crippen molar-refractivity contribution in [1.82, 2.24) is 4.72 Å². The molecule has 0 aromatic heterocycles. The lowest BCUT2D eigenvalue weighted by atomic mass is 9.90. The highest BCUT2D eigenvalue weighted by molar-refractivity contribution is 7.89. The van der Waals surface area contributed by atoms with Gasteiger partial charge in [0.1, 0.15) is 0 Å². The van der Waals surface area contributed by atoms with Crippen LogP contribution >= 0.6 is 0 Å². The van der Waals surface area contributed by atoms with E-state index >= 15 is 0 Å². The first-order valence-corrected chi connectivity index (χ1v) is 9.48. The van der Waals surface area contributed by atoms with E-state index < -0.39 is 26.7 Å². The first kappa shape index (κ1) is 17.3. The Labute approximate surface area is 146 Å². The molecule has 1 atom stereocenters. The van der Waals surface area contributed by atoms with Crippen LogP contribution in [0.4, 0.5) is 5.69 Å². The molecule has 1 unspecified atom stereocenters. The van der Waals surface area contributed by atoms with Crippen LogP contribution in [0.1, 0.15) is 24.8 Å². The Bertz CT molecular complexity index is 908. The topological polar surface area (TPSA) is 89.3 Å². The summed E-state index contributed by atoms with van der Waals surface area (Å²) < 4.78 is 28.2. The fourth-order valence-corrected chi connectivity index (χ4v) is 4.46. The number of nitro benzene ring substituents is 1. The summed E-state index contributed by atoms with van der Waals surface area (Å²) >= 11 is 0. The Morgan fingerprint density at radius 2 is 1.72 bits per heavy atom. The molecule has 0 bridgehead atoms. The average molecular weight is 358 g/mol. The molecule has 0 spiro atoms. The van der Waals surface area contributed by atoms with Gasteiger partial charge in [-0.25, -0.2) is 13.1 Å². The van der Waals surface area contributed by atoms with Gasteiger partial charge in [-0.2, -0.15) is 0 Å². The van der Waals surface area contributed by atoms with Gasteiger partial charge in [0.15, 0.2) is 4.90 Å². The maximum Gasteiger partial charge on any atom is 0.289 e. The lowest BCUT2D eigenvalue weighted by molar-refractivity contribution is -0.387. The number of nitrogens with one attached hydrogen (secondary N) is 1. The fraction of sp³-hybridized carbons (Fsp3) is 0.222. The molecule has 0 saturated heterocycles. The molecule has 130 valence electrons. The first-order valence-electron chi connectivity index (χ1n) is 8.00. The van der Waals surface area contributed by atoms with Crippen molar-refractivity contribution in [3.05, 3.63) is 76.4 Å². The first-order chi connectivity index (χ1) is 12.0. The summed E-state index contributed by atoms with van der Waals surface area (Å²) in [6, 6.07) is 14.6. The highest BCUT2D eigenvalue weighted by Crippen LogP contribution is 2.30. The third-order valence-corrected chi connectivity index (χ3v) is 5.71. The summed E-state index contributed by atoms with van der Waals surface area (Å²) in [5.74, 6) is 0. The predicted octanol–water partition coefficient (Wildman–Crippen LogP) is 3.51. The van der Waals surface area contributed by atoms with Gasteiger partial charge in [-0.15, -0.1) is 0 Å². The molecule has 25 heavy (non-hydrogen) atoms. The molecule has 0 amide bonds. The lowest BCUT2D eigenvalue weighted by Crippen LogP contribution is -2.37. The second kappa shape index (κ2) is 7.16. The third-order valence-electron chi connectivity index (χ3n) is 4.19. The van der Waals surface area contributed by atoms with E-state index in [1.54, 1.807) is 0 Å². The minimum atomic E-state index is -4.01. The summed E-state index contributed by atoms with van der Waals surface area (Å²) in [6.07, 6.45) is 4.43. The van der Waals surface area contributed by atoms with Gasteiger partial charge >= 0.3 is 0 Å². The molecule has 0 saturated carbocycles. The minimum Gasteiger partial charge on any atom is -0.258 e. The van der Waals surface area contributed by atoms with Gasteiger partial charge in [-0.1, -0.05) is 48.5 Å². The molecule has 0 radical (unpaired) electrons. The molecule has 2 aromatic carbocycles. The van der Waals surface area contributed by atoms with E-state index in [2.05, 4.69) is 4.72 Å². The second-order valence-electron chi connectivity index (χ2n) is 5.86. The largest absolute Gasteiger partial charge is 0.289 e. The molecule has 1 aliphatic carbocycles. The monoisotopic (exact) mass is 358 g/mol. The Morgan fingerprint density at radius 3 is 2.44 bits per heavy atom. The van der Waals surface area contributed by atoms with E-state index in [4.69, 9.17) is 0 Å². The Morgan fingerprint density at radius 1 is 1.04 bits per heavy atom. The average Bonchev–Trinajstić information content (AvgIpc) is 2.62. The van der Waals surface area contributed by atoms with Crippen LogP contribution in [-0.4, -0.2) is 19.4 Å². The van der Waals surface area contributed by atoms with E-state index in [-0.39, 0.29) is 4.90 Å². The normalized spacial score (nSPS) is 17.8. The summed E-state index contributed by atoms with van der Waals surface area (Å²) in [4.78, 5) is 10.2. The number of para-hydroxylation sites is 1. The van der Waals surface area contributed by atoms with Crippen LogP contribution in [0.2, 0.25) is 0 Å². The number of allylic oxidation sites excluding steroid dienone is 1. The van der Waals surface area contributed by atoms with E-state index in [1.165, 1.54) is 24.3 Å². The Kier molecular flexibility index (Phi) is 4.96. The number of benzene rings is 2. The molecule has 7 heteroatoms. The van der Waals surface area contributed by atoms with Gasteiger partial charge in [0.05, 0.1) is 4.92 Å². The molecule has 1 aliphatic rings. The maximum atomic E-state index is 12.8. The van der Waals surface area contributed by atoms with E-state index in [0.29, 0.717) is 6.42 Å². The summed E-state index contributed by atoms with van der Waals surface area (Å²) in [7, 11) is -4.01. The van der Waals surface area contributed by atoms with Crippen molar-refractivity contribution in [2.24, 2.45) is 0 Å². The molecule has 0 aliphatic heterocycles. The van der Waals surface area contributed by atoms with Gasteiger partial charge in [0.25, 0.3) is 5.69 Å². The number of hydrogen-bond acceptors (Lipinski definition) is 4. The van der Waals surface area contributed by atoms with Crippen molar-refractivity contribution in [3.8, 4) is 0 Å². The molecule has 0 fully saturated rings. The number of nitrogens with zero attached hydrogens (tertiary/aromatic N) is 1. The molecule has 1 N–H and O–H groups in total. The highest BCUT2D eigenvalue weighted by atomic mass is 32.2. The van der Waals surface area contributed by atoms with Crippen molar-refractivity contribution in [3.63, 3.8) is 0 Å². The molecule has 2 aromatic rings. The van der Waals surface area contributed by atoms with Crippen LogP contribution in [-0.2, 0) is 10.0 Å². The number of sulfonamides is 1. The van der Waals surface area contributed by atoms with Crippen LogP contribution in [0.5, 0.6) is 0 Å². The number of hydrogen-bond donors (Lipinski definition) is 1. The standard InChI is InChI=1S/C18H18N2O4S/c21-20(22)17-12-6-7-13-18(17)25(23,24)19-16-11-5-4-10-15(16)14-8-2-1-3-9-14/h1-3,6-10,12-13,16,19H,4-5,11H2. The van der Waals surface area contributed by atoms with Crippen molar-refractivity contribution < 1.29 is 13.3 Å². The van der Waals surface area contributed by atoms with Crippen LogP contribution in [0.25, 0.3) is 5.57 Å². The zero-order valence-electron chi connectivity index (χ0n) is 13.5. The lowest BCUT2D eigenvalue weighted by Gasteiger charge is -2.25. The Hall–Kier alpha value is -2.51. The second-order valence-corrected chi connectivity index (χ2v) is 7.54. The van der Waals surface area contributed by atoms with Crippen LogP contribution < -0.4 is 4.72 Å². The Balaban J connectivity index is 1.94. The zero-order chi connectivity index (χ0) is 17.9. The molecule has 3 rings (SSSR count). The molecule has 6 nitrogen and oxygen atoms in total. The van der Waals surface area contributed by atoms with Crippen LogP contribution in [0, 0.1) is 10.1 Å². The summed E-state index contributed by atoms with van der Waals surface area (Å²) in [5, 5.41) is 11.1. The fourth-order valence-electron chi connectivity index (χ4n) is 3.04. The van der Waals surface area contributed by atoms with Crippen molar-refractivity contribution in [2.75, 3.05) is 0 Å². The van der Waals surface area contributed by atoms with Crippen molar-refractivity contribution in [2.45, 2.75) is 30.2 Å². The molecular weight excluding hydrogens is 340 g/mol. The van der Waals surface area contributed by atoms with Crippen molar-refractivity contribution in [1.29, 1.82) is 0 Å². The predicted molar refractivity (Wildman–Crippen MR) is 95.5 cm³/mol. The number of rotatable bonds is 5. The smallest absolute Gasteiger partial charge is 0.258 e. The van der Waals surface area contributed by atoms with E-state index in [0.717, 1.165) is 24.0 Å². The maximum absolute atomic E-state index is 12.8. The molecular formula is C18H18N2O4S. The summed E-state index contributed by atoms with van der Waals surface area (Å²) in [6.45, 7) is 0. The highest BCUT2D eigenvalue weighted by Gasteiger charge is 2.30. The zero-order valence-corrected chi connectivity index (χ0v) is 14.3. The summed E-state index contributed by atoms with van der Waals surface area (Å²) in [5.41, 5.74) is 1.45. The van der Waals surface area contributed by atoms with Gasteiger partial charge < -0.3 is 0 Å². The van der Waals surface area contributed by atoms with E-state index in [1.807, 2.05) is 36.4 Å². The van der Waals surface area contributed by atoms with Gasteiger partial charge in [-0.3, -0.25) is 10.1 Å². The van der Waals surface area contributed by atoms with Crippen molar-refractivity contribution >= 4 is 21.3 Å². The van der Waals surface area contributed by atoms with Crippen LogP contribution in [0.3, 0.4) is 0 Å². The van der Waals surface area contributed by atoms with Crippen LogP contribution in [0.15, 0.2) is 65.6 Å². The SMILES string of the molecule is O=[N+]([O-])c1ccccc1S(=O)(=O)NC1CCCC=C1c1ccccc1. The van der Waals surface area contributed by atoms with Gasteiger partial charge in [0, 0.05) is 12.1 Å².